The number of aryl methyl sites for hydroxylation is 1. The highest BCUT2D eigenvalue weighted by atomic mass is 16.2. The number of carbonyl (C=O) groups excluding carboxylic acids is 1. The van der Waals surface area contributed by atoms with Crippen LogP contribution < -0.4 is 0 Å². The minimum Gasteiger partial charge on any atom is -0.330 e. The molecule has 1 fully saturated rings. The minimum atomic E-state index is -0.0361. The fourth-order valence-corrected chi connectivity index (χ4v) is 3.42. The van der Waals surface area contributed by atoms with Crippen LogP contribution in [0.5, 0.6) is 0 Å². The van der Waals surface area contributed by atoms with Crippen LogP contribution in [0.3, 0.4) is 0 Å². The Hall–Kier alpha value is -2.95. The lowest BCUT2D eigenvalue weighted by Crippen LogP contribution is -2.31. The van der Waals surface area contributed by atoms with Gasteiger partial charge in [-0.1, -0.05) is 48.5 Å². The van der Waals surface area contributed by atoms with Crippen LogP contribution in [0.25, 0.3) is 5.69 Å². The van der Waals surface area contributed by atoms with E-state index >= 15 is 0 Å². The van der Waals surface area contributed by atoms with Gasteiger partial charge in [0.25, 0.3) is 5.91 Å². The Morgan fingerprint density at radius 3 is 2.40 bits per heavy atom. The van der Waals surface area contributed by atoms with Gasteiger partial charge < -0.3 is 4.90 Å². The van der Waals surface area contributed by atoms with Crippen molar-refractivity contribution >= 4 is 5.91 Å². The summed E-state index contributed by atoms with van der Waals surface area (Å²) in [4.78, 5) is 16.6. The maximum Gasteiger partial charge on any atom is 0.276 e. The van der Waals surface area contributed by atoms with Crippen LogP contribution >= 0.6 is 0 Å². The molecule has 0 spiro atoms. The molecule has 2 heterocycles. The number of amides is 1. The van der Waals surface area contributed by atoms with E-state index in [1.807, 2.05) is 60.4 Å². The van der Waals surface area contributed by atoms with Crippen LogP contribution in [0.2, 0.25) is 0 Å². The molecule has 5 heteroatoms. The number of aromatic nitrogens is 3. The fraction of sp³-hybridized carbons (Fsp3) is 0.250. The normalized spacial score (nSPS) is 17.0. The van der Waals surface area contributed by atoms with Crippen molar-refractivity contribution in [3.8, 4) is 5.69 Å². The summed E-state index contributed by atoms with van der Waals surface area (Å²) in [5, 5.41) is 8.90. The smallest absolute Gasteiger partial charge is 0.276 e. The quantitative estimate of drug-likeness (QED) is 0.737. The molecular weight excluding hydrogens is 312 g/mol. The van der Waals surface area contributed by atoms with Gasteiger partial charge in [0.2, 0.25) is 0 Å². The number of rotatable bonds is 3. The molecule has 126 valence electrons. The van der Waals surface area contributed by atoms with Crippen LogP contribution in [-0.2, 0) is 0 Å². The Morgan fingerprint density at radius 2 is 1.68 bits per heavy atom. The lowest BCUT2D eigenvalue weighted by molar-refractivity contribution is 0.0728. The zero-order valence-corrected chi connectivity index (χ0v) is 14.2. The van der Waals surface area contributed by atoms with Gasteiger partial charge >= 0.3 is 0 Å². The first kappa shape index (κ1) is 15.6. The molecule has 1 saturated heterocycles. The minimum absolute atomic E-state index is 0.0361. The van der Waals surface area contributed by atoms with Crippen molar-refractivity contribution in [2.24, 2.45) is 0 Å². The third kappa shape index (κ3) is 2.93. The molecule has 1 unspecified atom stereocenters. The number of carbonyl (C=O) groups is 1. The Kier molecular flexibility index (Phi) is 4.06. The molecule has 0 aliphatic carbocycles. The molecule has 5 nitrogen and oxygen atoms in total. The number of hydrogen-bond acceptors (Lipinski definition) is 3. The molecule has 1 atom stereocenters. The van der Waals surface area contributed by atoms with Crippen molar-refractivity contribution in [3.05, 3.63) is 77.6 Å². The van der Waals surface area contributed by atoms with Crippen molar-refractivity contribution in [1.82, 2.24) is 19.9 Å². The molecule has 1 amide bonds. The van der Waals surface area contributed by atoms with Crippen LogP contribution in [0.1, 0.15) is 40.6 Å². The van der Waals surface area contributed by atoms with E-state index in [-0.39, 0.29) is 11.9 Å². The van der Waals surface area contributed by atoms with E-state index in [0.29, 0.717) is 11.4 Å². The van der Waals surface area contributed by atoms with Crippen molar-refractivity contribution in [1.29, 1.82) is 0 Å². The summed E-state index contributed by atoms with van der Waals surface area (Å²) in [7, 11) is 0. The van der Waals surface area contributed by atoms with Gasteiger partial charge in [-0.15, -0.1) is 5.10 Å². The summed E-state index contributed by atoms with van der Waals surface area (Å²) >= 11 is 0. The molecule has 4 rings (SSSR count). The molecule has 2 aromatic carbocycles. The highest BCUT2D eigenvalue weighted by molar-refractivity contribution is 5.93. The van der Waals surface area contributed by atoms with Gasteiger partial charge in [0.1, 0.15) is 0 Å². The zero-order valence-electron chi connectivity index (χ0n) is 14.2. The van der Waals surface area contributed by atoms with E-state index in [9.17, 15) is 4.79 Å². The highest BCUT2D eigenvalue weighted by Gasteiger charge is 2.32. The lowest BCUT2D eigenvalue weighted by Gasteiger charge is -2.24. The van der Waals surface area contributed by atoms with Gasteiger partial charge in [0, 0.05) is 6.54 Å². The molecule has 1 aliphatic heterocycles. The largest absolute Gasteiger partial charge is 0.330 e. The van der Waals surface area contributed by atoms with E-state index in [2.05, 4.69) is 22.3 Å². The summed E-state index contributed by atoms with van der Waals surface area (Å²) in [5.41, 5.74) is 3.13. The molecule has 0 bridgehead atoms. The molecule has 0 saturated carbocycles. The Bertz CT molecular complexity index is 873. The van der Waals surface area contributed by atoms with Crippen LogP contribution in [0.15, 0.2) is 60.7 Å². The first-order chi connectivity index (χ1) is 12.2. The first-order valence-electron chi connectivity index (χ1n) is 8.59. The molecule has 25 heavy (non-hydrogen) atoms. The highest BCUT2D eigenvalue weighted by Crippen LogP contribution is 2.33. The monoisotopic (exact) mass is 332 g/mol. The Balaban J connectivity index is 1.64. The predicted octanol–water partition coefficient (Wildman–Crippen LogP) is 3.55. The van der Waals surface area contributed by atoms with Gasteiger partial charge in [-0.2, -0.15) is 9.90 Å². The average Bonchev–Trinajstić information content (AvgIpc) is 3.30. The number of para-hydroxylation sites is 1. The van der Waals surface area contributed by atoms with Crippen LogP contribution in [0.4, 0.5) is 0 Å². The zero-order chi connectivity index (χ0) is 17.2. The maximum absolute atomic E-state index is 13.1. The third-order valence-electron chi connectivity index (χ3n) is 4.67. The summed E-state index contributed by atoms with van der Waals surface area (Å²) in [6.45, 7) is 2.60. The van der Waals surface area contributed by atoms with E-state index < -0.39 is 0 Å². The molecule has 0 N–H and O–H groups in total. The van der Waals surface area contributed by atoms with Crippen molar-refractivity contribution in [2.45, 2.75) is 25.8 Å². The summed E-state index contributed by atoms with van der Waals surface area (Å²) in [6, 6.07) is 20.0. The average molecular weight is 332 g/mol. The number of likely N-dealkylation sites (tertiary alicyclic amines) is 1. The second kappa shape index (κ2) is 6.51. The van der Waals surface area contributed by atoms with Gasteiger partial charge in [0.15, 0.2) is 5.69 Å². The number of nitrogens with zero attached hydrogens (tertiary/aromatic N) is 4. The first-order valence-corrected chi connectivity index (χ1v) is 8.59. The topological polar surface area (TPSA) is 51.0 Å². The number of hydrogen-bond donors (Lipinski definition) is 0. The lowest BCUT2D eigenvalue weighted by atomic mass is 10.0. The molecular formula is C20H20N4O. The SMILES string of the molecule is Cc1nn(-c2ccccc2)nc1C(=O)N1CCCC1c1ccccc1. The van der Waals surface area contributed by atoms with E-state index in [1.54, 1.807) is 0 Å². The molecule has 1 aromatic heterocycles. The summed E-state index contributed by atoms with van der Waals surface area (Å²) < 4.78 is 0. The Morgan fingerprint density at radius 1 is 1.00 bits per heavy atom. The maximum atomic E-state index is 13.1. The van der Waals surface area contributed by atoms with E-state index in [1.165, 1.54) is 10.4 Å². The molecule has 1 aliphatic rings. The van der Waals surface area contributed by atoms with Crippen LogP contribution in [0, 0.1) is 6.92 Å². The molecule has 0 radical (unpaired) electrons. The Labute approximate surface area is 146 Å². The van der Waals surface area contributed by atoms with Gasteiger partial charge in [-0.25, -0.2) is 0 Å². The molecule has 3 aromatic rings. The van der Waals surface area contributed by atoms with Gasteiger partial charge in [-0.3, -0.25) is 4.79 Å². The second-order valence-electron chi connectivity index (χ2n) is 6.33. The fourth-order valence-electron chi connectivity index (χ4n) is 3.42. The van der Waals surface area contributed by atoms with Crippen molar-refractivity contribution < 1.29 is 4.79 Å². The van der Waals surface area contributed by atoms with Crippen LogP contribution in [-0.4, -0.2) is 32.3 Å². The second-order valence-corrected chi connectivity index (χ2v) is 6.33. The third-order valence-corrected chi connectivity index (χ3v) is 4.67. The van der Waals surface area contributed by atoms with E-state index in [4.69, 9.17) is 0 Å². The van der Waals surface area contributed by atoms with Crippen molar-refractivity contribution in [3.63, 3.8) is 0 Å². The summed E-state index contributed by atoms with van der Waals surface area (Å²) in [6.07, 6.45) is 2.00. The summed E-state index contributed by atoms with van der Waals surface area (Å²) in [5.74, 6) is -0.0361. The van der Waals surface area contributed by atoms with E-state index in [0.717, 1.165) is 25.1 Å². The number of benzene rings is 2. The van der Waals surface area contributed by atoms with Gasteiger partial charge in [0.05, 0.1) is 17.4 Å². The van der Waals surface area contributed by atoms with Gasteiger partial charge in [-0.05, 0) is 37.5 Å². The predicted molar refractivity (Wildman–Crippen MR) is 95.5 cm³/mol. The van der Waals surface area contributed by atoms with Crippen molar-refractivity contribution in [2.75, 3.05) is 6.54 Å². The standard InChI is InChI=1S/C20H20N4O/c1-15-19(22-24(21-15)17-11-6-3-7-12-17)20(25)23-14-8-13-18(23)16-9-4-2-5-10-16/h2-7,9-12,18H,8,13-14H2,1H3.